The van der Waals surface area contributed by atoms with Crippen LogP contribution in [0.2, 0.25) is 0 Å². The average Bonchev–Trinajstić information content (AvgIpc) is 2.36. The molecule has 0 saturated heterocycles. The van der Waals surface area contributed by atoms with Crippen LogP contribution in [0.5, 0.6) is 0 Å². The molecule has 0 unspecified atom stereocenters. The molecule has 0 bridgehead atoms. The normalized spacial score (nSPS) is 10.3. The summed E-state index contributed by atoms with van der Waals surface area (Å²) in [5.74, 6) is -0.0209. The van der Waals surface area contributed by atoms with Crippen molar-refractivity contribution in [3.05, 3.63) is 70.3 Å². The van der Waals surface area contributed by atoms with Crippen molar-refractivity contribution in [1.29, 1.82) is 0 Å². The Morgan fingerprint density at radius 3 is 2.05 bits per heavy atom. The summed E-state index contributed by atoms with van der Waals surface area (Å²) in [5, 5.41) is 2.95. The zero-order chi connectivity index (χ0) is 13.8. The fraction of sp³-hybridized carbons (Fsp3) is 0.235. The summed E-state index contributed by atoms with van der Waals surface area (Å²) in [6.45, 7) is 6.62. The molecule has 0 aliphatic heterocycles. The first-order chi connectivity index (χ1) is 9.04. The number of carbonyl (C=O) groups excluding carboxylic acids is 1. The van der Waals surface area contributed by atoms with Crippen molar-refractivity contribution in [2.75, 3.05) is 0 Å². The lowest BCUT2D eigenvalue weighted by atomic mass is 10.1. The van der Waals surface area contributed by atoms with Crippen molar-refractivity contribution in [1.82, 2.24) is 5.32 Å². The Balaban J connectivity index is 2.03. The van der Waals surface area contributed by atoms with Crippen molar-refractivity contribution < 1.29 is 4.79 Å². The van der Waals surface area contributed by atoms with Gasteiger partial charge in [0.2, 0.25) is 0 Å². The molecule has 2 rings (SSSR count). The van der Waals surface area contributed by atoms with E-state index in [1.807, 2.05) is 38.1 Å². The van der Waals surface area contributed by atoms with Gasteiger partial charge in [-0.05, 0) is 38.5 Å². The summed E-state index contributed by atoms with van der Waals surface area (Å²) in [7, 11) is 0. The van der Waals surface area contributed by atoms with E-state index in [0.717, 1.165) is 22.3 Å². The Morgan fingerprint density at radius 2 is 1.47 bits per heavy atom. The second-order valence-electron chi connectivity index (χ2n) is 5.04. The van der Waals surface area contributed by atoms with E-state index in [4.69, 9.17) is 0 Å². The minimum absolute atomic E-state index is 0.0209. The summed E-state index contributed by atoms with van der Waals surface area (Å²) in [6.07, 6.45) is 0. The second kappa shape index (κ2) is 5.70. The van der Waals surface area contributed by atoms with Crippen LogP contribution in [-0.4, -0.2) is 5.91 Å². The topological polar surface area (TPSA) is 29.1 Å². The van der Waals surface area contributed by atoms with Gasteiger partial charge in [0.15, 0.2) is 0 Å². The standard InChI is InChI=1S/C17H19NO/c1-12-4-6-15(7-5-12)11-18-17(19)16-9-13(2)8-14(3)10-16/h4-10H,11H2,1-3H3,(H,18,19). The average molecular weight is 253 g/mol. The lowest BCUT2D eigenvalue weighted by Gasteiger charge is -2.07. The van der Waals surface area contributed by atoms with Gasteiger partial charge in [-0.15, -0.1) is 0 Å². The number of hydrogen-bond acceptors (Lipinski definition) is 1. The van der Waals surface area contributed by atoms with E-state index in [9.17, 15) is 4.79 Å². The molecule has 0 aliphatic carbocycles. The number of benzene rings is 2. The highest BCUT2D eigenvalue weighted by molar-refractivity contribution is 5.94. The van der Waals surface area contributed by atoms with Crippen LogP contribution >= 0.6 is 0 Å². The summed E-state index contributed by atoms with van der Waals surface area (Å²) < 4.78 is 0. The first kappa shape index (κ1) is 13.3. The zero-order valence-electron chi connectivity index (χ0n) is 11.7. The Labute approximate surface area is 114 Å². The lowest BCUT2D eigenvalue weighted by Crippen LogP contribution is -2.22. The molecule has 2 aromatic carbocycles. The molecule has 98 valence electrons. The number of rotatable bonds is 3. The van der Waals surface area contributed by atoms with Gasteiger partial charge in [-0.2, -0.15) is 0 Å². The molecule has 0 spiro atoms. The van der Waals surface area contributed by atoms with Gasteiger partial charge >= 0.3 is 0 Å². The second-order valence-corrected chi connectivity index (χ2v) is 5.04. The molecule has 0 heterocycles. The van der Waals surface area contributed by atoms with Crippen LogP contribution in [0.15, 0.2) is 42.5 Å². The predicted octanol–water partition coefficient (Wildman–Crippen LogP) is 3.54. The monoisotopic (exact) mass is 253 g/mol. The first-order valence-electron chi connectivity index (χ1n) is 6.46. The number of hydrogen-bond donors (Lipinski definition) is 1. The molecule has 0 saturated carbocycles. The number of nitrogens with one attached hydrogen (secondary N) is 1. The van der Waals surface area contributed by atoms with Gasteiger partial charge in [0.05, 0.1) is 0 Å². The Bertz CT molecular complexity index is 564. The molecule has 0 atom stereocenters. The molecule has 1 amide bonds. The third-order valence-electron chi connectivity index (χ3n) is 3.06. The highest BCUT2D eigenvalue weighted by Crippen LogP contribution is 2.09. The molecular weight excluding hydrogens is 234 g/mol. The third kappa shape index (κ3) is 3.68. The van der Waals surface area contributed by atoms with Crippen molar-refractivity contribution in [2.45, 2.75) is 27.3 Å². The Kier molecular flexibility index (Phi) is 4.00. The quantitative estimate of drug-likeness (QED) is 0.890. The largest absolute Gasteiger partial charge is 0.348 e. The molecule has 2 aromatic rings. The minimum Gasteiger partial charge on any atom is -0.348 e. The maximum atomic E-state index is 12.1. The van der Waals surface area contributed by atoms with Crippen LogP contribution in [0.25, 0.3) is 0 Å². The molecule has 2 heteroatoms. The van der Waals surface area contributed by atoms with E-state index in [-0.39, 0.29) is 5.91 Å². The van der Waals surface area contributed by atoms with E-state index in [0.29, 0.717) is 6.54 Å². The highest BCUT2D eigenvalue weighted by Gasteiger charge is 2.06. The molecule has 0 aliphatic rings. The van der Waals surface area contributed by atoms with E-state index in [1.54, 1.807) is 0 Å². The smallest absolute Gasteiger partial charge is 0.251 e. The minimum atomic E-state index is -0.0209. The van der Waals surface area contributed by atoms with Gasteiger partial charge in [-0.3, -0.25) is 4.79 Å². The molecule has 0 aromatic heterocycles. The third-order valence-corrected chi connectivity index (χ3v) is 3.06. The maximum Gasteiger partial charge on any atom is 0.251 e. The summed E-state index contributed by atoms with van der Waals surface area (Å²) in [5.41, 5.74) is 5.29. The van der Waals surface area contributed by atoms with Gasteiger partial charge in [0.25, 0.3) is 5.91 Å². The van der Waals surface area contributed by atoms with Gasteiger partial charge in [-0.1, -0.05) is 47.0 Å². The first-order valence-corrected chi connectivity index (χ1v) is 6.46. The summed E-state index contributed by atoms with van der Waals surface area (Å²) in [4.78, 5) is 12.1. The zero-order valence-corrected chi connectivity index (χ0v) is 11.7. The molecule has 19 heavy (non-hydrogen) atoms. The molecular formula is C17H19NO. The molecule has 2 nitrogen and oxygen atoms in total. The van der Waals surface area contributed by atoms with Gasteiger partial charge < -0.3 is 5.32 Å². The fourth-order valence-corrected chi connectivity index (χ4v) is 2.10. The fourth-order valence-electron chi connectivity index (χ4n) is 2.10. The molecule has 0 fully saturated rings. The number of aryl methyl sites for hydroxylation is 3. The van der Waals surface area contributed by atoms with Crippen LogP contribution < -0.4 is 5.32 Å². The summed E-state index contributed by atoms with van der Waals surface area (Å²) in [6, 6.07) is 14.1. The van der Waals surface area contributed by atoms with Crippen LogP contribution in [-0.2, 0) is 6.54 Å². The summed E-state index contributed by atoms with van der Waals surface area (Å²) >= 11 is 0. The van der Waals surface area contributed by atoms with E-state index >= 15 is 0 Å². The predicted molar refractivity (Wildman–Crippen MR) is 78.3 cm³/mol. The van der Waals surface area contributed by atoms with Crippen molar-refractivity contribution >= 4 is 5.91 Å². The number of carbonyl (C=O) groups is 1. The number of amides is 1. The van der Waals surface area contributed by atoms with Crippen molar-refractivity contribution in [3.8, 4) is 0 Å². The molecule has 1 N–H and O–H groups in total. The lowest BCUT2D eigenvalue weighted by molar-refractivity contribution is 0.0950. The maximum absolute atomic E-state index is 12.1. The van der Waals surface area contributed by atoms with Crippen LogP contribution in [0.3, 0.4) is 0 Å². The SMILES string of the molecule is Cc1ccc(CNC(=O)c2cc(C)cc(C)c2)cc1. The van der Waals surface area contributed by atoms with E-state index in [2.05, 4.69) is 30.4 Å². The van der Waals surface area contributed by atoms with Gasteiger partial charge in [-0.25, -0.2) is 0 Å². The van der Waals surface area contributed by atoms with Crippen LogP contribution in [0, 0.1) is 20.8 Å². The van der Waals surface area contributed by atoms with Gasteiger partial charge in [0.1, 0.15) is 0 Å². The van der Waals surface area contributed by atoms with Gasteiger partial charge in [0, 0.05) is 12.1 Å². The Morgan fingerprint density at radius 1 is 0.895 bits per heavy atom. The highest BCUT2D eigenvalue weighted by atomic mass is 16.1. The van der Waals surface area contributed by atoms with Crippen molar-refractivity contribution in [3.63, 3.8) is 0 Å². The van der Waals surface area contributed by atoms with E-state index < -0.39 is 0 Å². The molecule has 0 radical (unpaired) electrons. The van der Waals surface area contributed by atoms with Crippen molar-refractivity contribution in [2.24, 2.45) is 0 Å². The Hall–Kier alpha value is -2.09. The van der Waals surface area contributed by atoms with Crippen LogP contribution in [0.1, 0.15) is 32.6 Å². The van der Waals surface area contributed by atoms with Crippen LogP contribution in [0.4, 0.5) is 0 Å². The van der Waals surface area contributed by atoms with E-state index in [1.165, 1.54) is 5.56 Å².